The van der Waals surface area contributed by atoms with E-state index in [2.05, 4.69) is 0 Å². The Bertz CT molecular complexity index is 219. The van der Waals surface area contributed by atoms with Crippen molar-refractivity contribution in [2.24, 2.45) is 17.8 Å². The van der Waals surface area contributed by atoms with Crippen LogP contribution in [0.15, 0.2) is 0 Å². The highest BCUT2D eigenvalue weighted by atomic mass is 16.5. The van der Waals surface area contributed by atoms with Crippen molar-refractivity contribution in [3.05, 3.63) is 0 Å². The van der Waals surface area contributed by atoms with E-state index < -0.39 is 0 Å². The van der Waals surface area contributed by atoms with Gasteiger partial charge in [-0.1, -0.05) is 27.7 Å². The van der Waals surface area contributed by atoms with E-state index >= 15 is 0 Å². The zero-order chi connectivity index (χ0) is 12.0. The first kappa shape index (κ1) is 14.1. The quantitative estimate of drug-likeness (QED) is 0.638. The number of carbonyl (C=O) groups is 2. The average molecular weight is 214 g/mol. The Labute approximate surface area is 92.2 Å². The second-order valence-electron chi connectivity index (χ2n) is 4.42. The summed E-state index contributed by atoms with van der Waals surface area (Å²) >= 11 is 0. The van der Waals surface area contributed by atoms with E-state index in [0.717, 1.165) is 0 Å². The van der Waals surface area contributed by atoms with Crippen LogP contribution < -0.4 is 0 Å². The molecule has 0 aromatic carbocycles. The fourth-order valence-corrected chi connectivity index (χ4v) is 1.49. The molecule has 0 saturated heterocycles. The highest BCUT2D eigenvalue weighted by Gasteiger charge is 2.27. The van der Waals surface area contributed by atoms with Gasteiger partial charge in [-0.3, -0.25) is 9.59 Å². The van der Waals surface area contributed by atoms with Gasteiger partial charge in [0.05, 0.1) is 13.0 Å². The van der Waals surface area contributed by atoms with Gasteiger partial charge < -0.3 is 4.74 Å². The van der Waals surface area contributed by atoms with Crippen LogP contribution in [-0.4, -0.2) is 18.4 Å². The van der Waals surface area contributed by atoms with E-state index in [9.17, 15) is 9.59 Å². The molecule has 0 aliphatic heterocycles. The maximum Gasteiger partial charge on any atom is 0.306 e. The van der Waals surface area contributed by atoms with Crippen LogP contribution in [-0.2, 0) is 14.3 Å². The molecule has 0 bridgehead atoms. The van der Waals surface area contributed by atoms with E-state index in [1.165, 1.54) is 0 Å². The first-order valence-electron chi connectivity index (χ1n) is 5.59. The minimum Gasteiger partial charge on any atom is -0.466 e. The number of carbonyl (C=O) groups excluding carboxylic acids is 2. The summed E-state index contributed by atoms with van der Waals surface area (Å²) in [5, 5.41) is 0. The third-order valence-corrected chi connectivity index (χ3v) is 2.43. The standard InChI is InChI=1S/C12H22O3/c1-6-15-11(13)7-10(8(2)3)12(14)9(4)5/h8-10H,6-7H2,1-5H3. The van der Waals surface area contributed by atoms with Gasteiger partial charge in [0.1, 0.15) is 5.78 Å². The summed E-state index contributed by atoms with van der Waals surface area (Å²) in [5.41, 5.74) is 0. The molecule has 1 unspecified atom stereocenters. The SMILES string of the molecule is CCOC(=O)CC(C(=O)C(C)C)C(C)C. The molecule has 88 valence electrons. The molecule has 0 aromatic rings. The van der Waals surface area contributed by atoms with Crippen molar-refractivity contribution in [3.8, 4) is 0 Å². The fourth-order valence-electron chi connectivity index (χ4n) is 1.49. The number of hydrogen-bond donors (Lipinski definition) is 0. The van der Waals surface area contributed by atoms with Gasteiger partial charge >= 0.3 is 5.97 Å². The Hall–Kier alpha value is -0.860. The number of Topliss-reactive ketones (excluding diaryl/α,β-unsaturated/α-hetero) is 1. The number of ether oxygens (including phenoxy) is 1. The van der Waals surface area contributed by atoms with Crippen LogP contribution in [0, 0.1) is 17.8 Å². The highest BCUT2D eigenvalue weighted by molar-refractivity contribution is 5.86. The Morgan fingerprint density at radius 1 is 1.13 bits per heavy atom. The molecular formula is C12H22O3. The Morgan fingerprint density at radius 3 is 2.00 bits per heavy atom. The van der Waals surface area contributed by atoms with Crippen molar-refractivity contribution in [2.75, 3.05) is 6.61 Å². The van der Waals surface area contributed by atoms with E-state index in [4.69, 9.17) is 4.74 Å². The second-order valence-corrected chi connectivity index (χ2v) is 4.42. The first-order valence-corrected chi connectivity index (χ1v) is 5.59. The zero-order valence-corrected chi connectivity index (χ0v) is 10.4. The molecule has 0 amide bonds. The van der Waals surface area contributed by atoms with Crippen LogP contribution in [0.4, 0.5) is 0 Å². The van der Waals surface area contributed by atoms with Crippen LogP contribution in [0.5, 0.6) is 0 Å². The molecule has 0 aromatic heterocycles. The molecule has 0 rings (SSSR count). The zero-order valence-electron chi connectivity index (χ0n) is 10.4. The predicted octanol–water partition coefficient (Wildman–Crippen LogP) is 2.44. The Kier molecular flexibility index (Phi) is 6.21. The number of esters is 1. The van der Waals surface area contributed by atoms with Crippen molar-refractivity contribution in [3.63, 3.8) is 0 Å². The Balaban J connectivity index is 4.41. The molecule has 0 radical (unpaired) electrons. The van der Waals surface area contributed by atoms with Gasteiger partial charge in [0.25, 0.3) is 0 Å². The lowest BCUT2D eigenvalue weighted by atomic mass is 9.84. The Morgan fingerprint density at radius 2 is 1.67 bits per heavy atom. The summed E-state index contributed by atoms with van der Waals surface area (Å²) in [6.45, 7) is 9.80. The lowest BCUT2D eigenvalue weighted by molar-refractivity contribution is -0.147. The van der Waals surface area contributed by atoms with Crippen LogP contribution in [0.2, 0.25) is 0 Å². The van der Waals surface area contributed by atoms with Gasteiger partial charge in [-0.15, -0.1) is 0 Å². The lowest BCUT2D eigenvalue weighted by Crippen LogP contribution is -2.27. The van der Waals surface area contributed by atoms with Crippen molar-refractivity contribution in [1.29, 1.82) is 0 Å². The maximum atomic E-state index is 11.8. The fraction of sp³-hybridized carbons (Fsp3) is 0.833. The van der Waals surface area contributed by atoms with Gasteiger partial charge in [-0.05, 0) is 12.8 Å². The molecule has 15 heavy (non-hydrogen) atoms. The first-order chi connectivity index (χ1) is 6.90. The summed E-state index contributed by atoms with van der Waals surface area (Å²) in [7, 11) is 0. The lowest BCUT2D eigenvalue weighted by Gasteiger charge is -2.20. The topological polar surface area (TPSA) is 43.4 Å². The maximum absolute atomic E-state index is 11.8. The molecule has 0 aliphatic carbocycles. The van der Waals surface area contributed by atoms with Crippen molar-refractivity contribution < 1.29 is 14.3 Å². The van der Waals surface area contributed by atoms with Crippen molar-refractivity contribution in [2.45, 2.75) is 41.0 Å². The van der Waals surface area contributed by atoms with E-state index in [0.29, 0.717) is 6.61 Å². The number of hydrogen-bond acceptors (Lipinski definition) is 3. The third kappa shape index (κ3) is 4.96. The molecule has 0 fully saturated rings. The molecular weight excluding hydrogens is 192 g/mol. The largest absolute Gasteiger partial charge is 0.466 e. The van der Waals surface area contributed by atoms with Crippen LogP contribution in [0.25, 0.3) is 0 Å². The van der Waals surface area contributed by atoms with Gasteiger partial charge in [0.15, 0.2) is 0 Å². The molecule has 1 atom stereocenters. The van der Waals surface area contributed by atoms with Gasteiger partial charge in [0, 0.05) is 11.8 Å². The highest BCUT2D eigenvalue weighted by Crippen LogP contribution is 2.20. The van der Waals surface area contributed by atoms with E-state index in [1.807, 2.05) is 27.7 Å². The minimum atomic E-state index is -0.273. The second kappa shape index (κ2) is 6.59. The van der Waals surface area contributed by atoms with Gasteiger partial charge in [-0.2, -0.15) is 0 Å². The molecule has 0 aliphatic rings. The molecule has 0 N–H and O–H groups in total. The minimum absolute atomic E-state index is 0.0215. The molecule has 0 spiro atoms. The molecule has 0 saturated carbocycles. The summed E-state index contributed by atoms with van der Waals surface area (Å²) in [6.07, 6.45) is 0.211. The normalized spacial score (nSPS) is 13.0. The van der Waals surface area contributed by atoms with E-state index in [1.54, 1.807) is 6.92 Å². The molecule has 3 heteroatoms. The number of rotatable bonds is 6. The average Bonchev–Trinajstić information content (AvgIpc) is 2.13. The van der Waals surface area contributed by atoms with Crippen LogP contribution in [0.3, 0.4) is 0 Å². The summed E-state index contributed by atoms with van der Waals surface area (Å²) < 4.78 is 4.86. The predicted molar refractivity (Wildman–Crippen MR) is 59.4 cm³/mol. The number of ketones is 1. The van der Waals surface area contributed by atoms with E-state index in [-0.39, 0.29) is 35.9 Å². The van der Waals surface area contributed by atoms with Crippen LogP contribution in [0.1, 0.15) is 41.0 Å². The molecule has 0 heterocycles. The monoisotopic (exact) mass is 214 g/mol. The van der Waals surface area contributed by atoms with Gasteiger partial charge in [0.2, 0.25) is 0 Å². The van der Waals surface area contributed by atoms with Crippen LogP contribution >= 0.6 is 0 Å². The summed E-state index contributed by atoms with van der Waals surface area (Å²) in [5.74, 6) is -0.163. The van der Waals surface area contributed by atoms with Crippen molar-refractivity contribution in [1.82, 2.24) is 0 Å². The smallest absolute Gasteiger partial charge is 0.306 e. The third-order valence-electron chi connectivity index (χ3n) is 2.43. The summed E-state index contributed by atoms with van der Waals surface area (Å²) in [4.78, 5) is 23.1. The van der Waals surface area contributed by atoms with Crippen molar-refractivity contribution >= 4 is 11.8 Å². The molecule has 3 nitrogen and oxygen atoms in total. The van der Waals surface area contributed by atoms with Gasteiger partial charge in [-0.25, -0.2) is 0 Å². The summed E-state index contributed by atoms with van der Waals surface area (Å²) in [6, 6.07) is 0.